The van der Waals surface area contributed by atoms with Crippen LogP contribution in [0.3, 0.4) is 0 Å². The summed E-state index contributed by atoms with van der Waals surface area (Å²) in [5.74, 6) is -0.537. The molecule has 0 bridgehead atoms. The van der Waals surface area contributed by atoms with Gasteiger partial charge in [-0.05, 0) is 17.7 Å². The highest BCUT2D eigenvalue weighted by Gasteiger charge is 2.19. The molecule has 0 saturated carbocycles. The van der Waals surface area contributed by atoms with Crippen molar-refractivity contribution in [1.29, 1.82) is 0 Å². The van der Waals surface area contributed by atoms with Gasteiger partial charge in [-0.3, -0.25) is 4.79 Å². The number of sulfone groups is 1. The average molecular weight is 304 g/mol. The summed E-state index contributed by atoms with van der Waals surface area (Å²) in [4.78, 5) is 12.1. The number of Topliss-reactive ketones (excluding diaryl/α,β-unsaturated/α-hetero) is 1. The SMILES string of the molecule is COc1cccc(C(=O)CS(=O)(=O)Cc2ccccc2)c1. The van der Waals surface area contributed by atoms with Gasteiger partial charge in [0.2, 0.25) is 0 Å². The lowest BCUT2D eigenvalue weighted by Gasteiger charge is -2.06. The van der Waals surface area contributed by atoms with E-state index in [0.29, 0.717) is 16.9 Å². The first-order valence-electron chi connectivity index (χ1n) is 6.42. The number of methoxy groups -OCH3 is 1. The van der Waals surface area contributed by atoms with Crippen molar-refractivity contribution in [3.05, 3.63) is 65.7 Å². The first-order chi connectivity index (χ1) is 10.00. The van der Waals surface area contributed by atoms with Crippen LogP contribution in [-0.2, 0) is 15.6 Å². The molecule has 21 heavy (non-hydrogen) atoms. The van der Waals surface area contributed by atoms with Crippen molar-refractivity contribution in [2.24, 2.45) is 0 Å². The summed E-state index contributed by atoms with van der Waals surface area (Å²) in [5.41, 5.74) is 1.02. The minimum atomic E-state index is -3.49. The molecular formula is C16H16O4S. The van der Waals surface area contributed by atoms with Gasteiger partial charge >= 0.3 is 0 Å². The Morgan fingerprint density at radius 3 is 2.43 bits per heavy atom. The predicted octanol–water partition coefficient (Wildman–Crippen LogP) is 2.49. The number of rotatable bonds is 6. The molecule has 0 spiro atoms. The molecule has 0 aromatic heterocycles. The number of carbonyl (C=O) groups is 1. The predicted molar refractivity (Wildman–Crippen MR) is 81.3 cm³/mol. The number of ketones is 1. The Bertz CT molecular complexity index is 721. The van der Waals surface area contributed by atoms with Crippen LogP contribution in [0.4, 0.5) is 0 Å². The van der Waals surface area contributed by atoms with Gasteiger partial charge < -0.3 is 4.74 Å². The Morgan fingerprint density at radius 1 is 1.05 bits per heavy atom. The van der Waals surface area contributed by atoms with Gasteiger partial charge in [0.05, 0.1) is 12.9 Å². The van der Waals surface area contributed by atoms with Crippen LogP contribution in [0.1, 0.15) is 15.9 Å². The van der Waals surface area contributed by atoms with E-state index in [2.05, 4.69) is 0 Å². The molecular weight excluding hydrogens is 288 g/mol. The van der Waals surface area contributed by atoms with Crippen molar-refractivity contribution in [2.75, 3.05) is 12.9 Å². The van der Waals surface area contributed by atoms with E-state index < -0.39 is 21.4 Å². The van der Waals surface area contributed by atoms with Gasteiger partial charge in [0.1, 0.15) is 11.5 Å². The Morgan fingerprint density at radius 2 is 1.76 bits per heavy atom. The van der Waals surface area contributed by atoms with E-state index in [-0.39, 0.29) is 5.75 Å². The molecule has 0 unspecified atom stereocenters. The topological polar surface area (TPSA) is 60.4 Å². The maximum atomic E-state index is 12.1. The smallest absolute Gasteiger partial charge is 0.178 e. The molecule has 0 amide bonds. The highest BCUT2D eigenvalue weighted by atomic mass is 32.2. The molecule has 0 heterocycles. The highest BCUT2D eigenvalue weighted by molar-refractivity contribution is 7.91. The van der Waals surface area contributed by atoms with Crippen LogP contribution in [0, 0.1) is 0 Å². The van der Waals surface area contributed by atoms with E-state index in [1.54, 1.807) is 48.5 Å². The molecule has 2 aromatic rings. The summed E-state index contributed by atoms with van der Waals surface area (Å²) in [6.07, 6.45) is 0. The number of hydrogen-bond acceptors (Lipinski definition) is 4. The van der Waals surface area contributed by atoms with Gasteiger partial charge in [-0.15, -0.1) is 0 Å². The second-order valence-corrected chi connectivity index (χ2v) is 6.74. The summed E-state index contributed by atoms with van der Waals surface area (Å²) in [6.45, 7) is 0. The maximum absolute atomic E-state index is 12.1. The van der Waals surface area contributed by atoms with Crippen LogP contribution in [-0.4, -0.2) is 27.1 Å². The molecule has 0 aliphatic rings. The maximum Gasteiger partial charge on any atom is 0.178 e. The van der Waals surface area contributed by atoms with Gasteiger partial charge in [0.15, 0.2) is 15.6 Å². The monoisotopic (exact) mass is 304 g/mol. The van der Waals surface area contributed by atoms with Crippen LogP contribution in [0.25, 0.3) is 0 Å². The second kappa shape index (κ2) is 6.54. The van der Waals surface area contributed by atoms with Crippen LogP contribution < -0.4 is 4.74 Å². The van der Waals surface area contributed by atoms with E-state index >= 15 is 0 Å². The summed E-state index contributed by atoms with van der Waals surface area (Å²) in [7, 11) is -2.00. The van der Waals surface area contributed by atoms with E-state index in [0.717, 1.165) is 0 Å². The largest absolute Gasteiger partial charge is 0.497 e. The third-order valence-corrected chi connectivity index (χ3v) is 4.45. The molecule has 0 atom stereocenters. The number of ether oxygens (including phenoxy) is 1. The van der Waals surface area contributed by atoms with Gasteiger partial charge in [-0.1, -0.05) is 42.5 Å². The fraction of sp³-hybridized carbons (Fsp3) is 0.188. The van der Waals surface area contributed by atoms with Gasteiger partial charge in [0.25, 0.3) is 0 Å². The van der Waals surface area contributed by atoms with E-state index in [4.69, 9.17) is 4.74 Å². The number of carbonyl (C=O) groups excluding carboxylic acids is 1. The Balaban J connectivity index is 2.10. The zero-order chi connectivity index (χ0) is 15.3. The molecule has 0 aliphatic heterocycles. The molecule has 0 aliphatic carbocycles. The highest BCUT2D eigenvalue weighted by Crippen LogP contribution is 2.15. The quantitative estimate of drug-likeness (QED) is 0.769. The molecule has 2 rings (SSSR count). The fourth-order valence-electron chi connectivity index (χ4n) is 1.96. The van der Waals surface area contributed by atoms with Crippen LogP contribution in [0.5, 0.6) is 5.75 Å². The molecule has 110 valence electrons. The van der Waals surface area contributed by atoms with Gasteiger partial charge in [-0.2, -0.15) is 0 Å². The average Bonchev–Trinajstić information content (AvgIpc) is 2.47. The number of hydrogen-bond donors (Lipinski definition) is 0. The van der Waals surface area contributed by atoms with Crippen molar-refractivity contribution >= 4 is 15.6 Å². The normalized spacial score (nSPS) is 11.1. The summed E-state index contributed by atoms with van der Waals surface area (Å²) in [6, 6.07) is 15.3. The van der Waals surface area contributed by atoms with Crippen molar-refractivity contribution < 1.29 is 17.9 Å². The van der Waals surface area contributed by atoms with E-state index in [9.17, 15) is 13.2 Å². The molecule has 5 heteroatoms. The molecule has 0 saturated heterocycles. The van der Waals surface area contributed by atoms with Gasteiger partial charge in [0, 0.05) is 5.56 Å². The Labute approximate surface area is 124 Å². The van der Waals surface area contributed by atoms with Crippen LogP contribution in [0.2, 0.25) is 0 Å². The third-order valence-electron chi connectivity index (χ3n) is 2.97. The lowest BCUT2D eigenvalue weighted by molar-refractivity contribution is 0.102. The molecule has 0 N–H and O–H groups in total. The lowest BCUT2D eigenvalue weighted by Crippen LogP contribution is -2.18. The molecule has 2 aromatic carbocycles. The molecule has 0 fully saturated rings. The first kappa shape index (κ1) is 15.3. The standard InChI is InChI=1S/C16H16O4S/c1-20-15-9-5-8-14(10-15)16(17)12-21(18,19)11-13-6-3-2-4-7-13/h2-10H,11-12H2,1H3. The zero-order valence-corrected chi connectivity index (χ0v) is 12.5. The van der Waals surface area contributed by atoms with Crippen molar-refractivity contribution in [2.45, 2.75) is 5.75 Å². The summed E-state index contributed by atoms with van der Waals surface area (Å²) >= 11 is 0. The van der Waals surface area contributed by atoms with Crippen molar-refractivity contribution in [1.82, 2.24) is 0 Å². The van der Waals surface area contributed by atoms with E-state index in [1.165, 1.54) is 7.11 Å². The second-order valence-electron chi connectivity index (χ2n) is 4.67. The van der Waals surface area contributed by atoms with Gasteiger partial charge in [-0.25, -0.2) is 8.42 Å². The third kappa shape index (κ3) is 4.43. The Hall–Kier alpha value is -2.14. The first-order valence-corrected chi connectivity index (χ1v) is 8.24. The fourth-order valence-corrected chi connectivity index (χ4v) is 3.33. The summed E-state index contributed by atoms with van der Waals surface area (Å²) < 4.78 is 29.2. The summed E-state index contributed by atoms with van der Waals surface area (Å²) in [5, 5.41) is 0. The van der Waals surface area contributed by atoms with Crippen molar-refractivity contribution in [3.63, 3.8) is 0 Å². The lowest BCUT2D eigenvalue weighted by atomic mass is 10.1. The Kier molecular flexibility index (Phi) is 4.75. The van der Waals surface area contributed by atoms with Crippen molar-refractivity contribution in [3.8, 4) is 5.75 Å². The minimum absolute atomic E-state index is 0.135. The zero-order valence-electron chi connectivity index (χ0n) is 11.7. The van der Waals surface area contributed by atoms with Crippen LogP contribution >= 0.6 is 0 Å². The van der Waals surface area contributed by atoms with Crippen LogP contribution in [0.15, 0.2) is 54.6 Å². The minimum Gasteiger partial charge on any atom is -0.497 e. The molecule has 4 nitrogen and oxygen atoms in total. The van der Waals surface area contributed by atoms with E-state index in [1.807, 2.05) is 6.07 Å². The number of benzene rings is 2. The molecule has 0 radical (unpaired) electrons.